The third kappa shape index (κ3) is 7.16. The molecule has 0 bridgehead atoms. The smallest absolute Gasteiger partial charge is 0.320 e. The zero-order chi connectivity index (χ0) is 22.5. The van der Waals surface area contributed by atoms with Crippen LogP contribution in [0.5, 0.6) is 12.0 Å². The number of nitrogens with zero attached hydrogens (tertiary/aromatic N) is 4. The molecule has 2 rings (SSSR count). The van der Waals surface area contributed by atoms with Crippen LogP contribution in [0.1, 0.15) is 27.7 Å². The van der Waals surface area contributed by atoms with Gasteiger partial charge in [-0.15, -0.1) is 0 Å². The van der Waals surface area contributed by atoms with E-state index < -0.39 is 0 Å². The van der Waals surface area contributed by atoms with E-state index in [1.54, 1.807) is 20.1 Å². The fourth-order valence-corrected chi connectivity index (χ4v) is 2.41. The number of aliphatic hydroxyl groups excluding tert-OH is 1. The summed E-state index contributed by atoms with van der Waals surface area (Å²) < 4.78 is 17.8. The monoisotopic (exact) mass is 419 g/mol. The van der Waals surface area contributed by atoms with E-state index in [0.29, 0.717) is 43.5 Å². The van der Waals surface area contributed by atoms with Gasteiger partial charge in [0.15, 0.2) is 17.0 Å². The van der Waals surface area contributed by atoms with Gasteiger partial charge in [0.25, 0.3) is 6.01 Å². The lowest BCUT2D eigenvalue weighted by molar-refractivity contribution is 0.141. The molecule has 0 aliphatic carbocycles. The van der Waals surface area contributed by atoms with E-state index in [2.05, 4.69) is 21.5 Å². The first-order chi connectivity index (χ1) is 14.4. The van der Waals surface area contributed by atoms with E-state index in [0.717, 1.165) is 5.57 Å². The minimum Gasteiger partial charge on any atom is -0.465 e. The zero-order valence-corrected chi connectivity index (χ0v) is 18.5. The third-order valence-corrected chi connectivity index (χ3v) is 3.93. The van der Waals surface area contributed by atoms with Gasteiger partial charge < -0.3 is 25.1 Å². The molecule has 9 nitrogen and oxygen atoms in total. The number of methoxy groups -OCH3 is 1. The lowest BCUT2D eigenvalue weighted by Crippen LogP contribution is -2.09. The second-order valence-corrected chi connectivity index (χ2v) is 6.08. The molecule has 0 aromatic carbocycles. The Morgan fingerprint density at radius 1 is 1.23 bits per heavy atom. The first-order valence-corrected chi connectivity index (χ1v) is 9.79. The van der Waals surface area contributed by atoms with Gasteiger partial charge in [-0.25, -0.2) is 0 Å². The number of imidazole rings is 1. The van der Waals surface area contributed by atoms with Crippen LogP contribution in [-0.4, -0.2) is 57.7 Å². The lowest BCUT2D eigenvalue weighted by Gasteiger charge is -2.07. The maximum Gasteiger partial charge on any atom is 0.320 e. The summed E-state index contributed by atoms with van der Waals surface area (Å²) in [5.74, 6) is 0.262. The van der Waals surface area contributed by atoms with E-state index in [1.165, 1.54) is 0 Å². The Morgan fingerprint density at radius 3 is 2.47 bits per heavy atom. The average molecular weight is 420 g/mol. The van der Waals surface area contributed by atoms with Crippen molar-refractivity contribution in [1.82, 2.24) is 19.5 Å². The van der Waals surface area contributed by atoms with Crippen LogP contribution in [0.2, 0.25) is 0 Å². The van der Waals surface area contributed by atoms with Crippen LogP contribution in [-0.2, 0) is 11.3 Å². The molecular weight excluding hydrogens is 386 g/mol. The van der Waals surface area contributed by atoms with Gasteiger partial charge in [-0.05, 0) is 33.3 Å². The van der Waals surface area contributed by atoms with E-state index in [4.69, 9.17) is 25.1 Å². The van der Waals surface area contributed by atoms with E-state index >= 15 is 0 Å². The predicted octanol–water partition coefficient (Wildman–Crippen LogP) is 2.91. The lowest BCUT2D eigenvalue weighted by atomic mass is 10.1. The highest BCUT2D eigenvalue weighted by atomic mass is 16.5. The number of hydrogen-bond acceptors (Lipinski definition) is 8. The molecule has 0 spiro atoms. The highest BCUT2D eigenvalue weighted by Crippen LogP contribution is 2.25. The predicted molar refractivity (Wildman–Crippen MR) is 119 cm³/mol. The van der Waals surface area contributed by atoms with Crippen LogP contribution in [0, 0.1) is 0 Å². The third-order valence-electron chi connectivity index (χ3n) is 3.93. The molecular formula is C21H33N5O4. The molecule has 0 amide bonds. The zero-order valence-electron chi connectivity index (χ0n) is 18.5. The molecule has 2 heterocycles. The molecule has 0 saturated heterocycles. The number of anilines is 1. The van der Waals surface area contributed by atoms with Crippen LogP contribution in [0.4, 0.5) is 5.82 Å². The molecule has 2 aromatic rings. The number of hydrogen-bond donors (Lipinski definition) is 2. The first-order valence-electron chi connectivity index (χ1n) is 9.79. The minimum absolute atomic E-state index is 0.201. The Bertz CT molecular complexity index is 859. The molecule has 1 atom stereocenters. The van der Waals surface area contributed by atoms with Gasteiger partial charge in [0.05, 0.1) is 19.3 Å². The van der Waals surface area contributed by atoms with Gasteiger partial charge >= 0.3 is 6.01 Å². The summed E-state index contributed by atoms with van der Waals surface area (Å²) in [6.07, 6.45) is 7.05. The van der Waals surface area contributed by atoms with Crippen molar-refractivity contribution in [2.75, 3.05) is 32.7 Å². The Labute approximate surface area is 177 Å². The molecule has 2 aromatic heterocycles. The number of nitrogens with two attached hydrogens (primary N) is 1. The van der Waals surface area contributed by atoms with Crippen molar-refractivity contribution in [3.05, 3.63) is 36.5 Å². The maximum atomic E-state index is 8.87. The molecule has 0 fully saturated rings. The Hall–Kier alpha value is -2.91. The van der Waals surface area contributed by atoms with Crippen molar-refractivity contribution < 1.29 is 19.3 Å². The van der Waals surface area contributed by atoms with Gasteiger partial charge in [-0.3, -0.25) is 4.57 Å². The van der Waals surface area contributed by atoms with Crippen molar-refractivity contribution in [3.63, 3.8) is 0 Å². The van der Waals surface area contributed by atoms with Gasteiger partial charge in [-0.1, -0.05) is 30.9 Å². The molecule has 0 saturated carbocycles. The summed E-state index contributed by atoms with van der Waals surface area (Å²) in [5.41, 5.74) is 7.93. The van der Waals surface area contributed by atoms with Crippen molar-refractivity contribution in [2.24, 2.45) is 0 Å². The standard InChI is InChI=1S/C14H21N5O3.C7H12O/c1-4-6-7-19-12-10(16-14(19)21-5-2)11(15)17-13(18-12)22-9-8-20-3;1-4-7(5-2)6(3)8/h4,6H,5,7-9H2,1-3H3,(H2,15,17,18);4-6,8H,1H2,2-3H3/b6-4+;7-5+. The van der Waals surface area contributed by atoms with Gasteiger partial charge in [0.2, 0.25) is 0 Å². The molecule has 1 unspecified atom stereocenters. The minimum atomic E-state index is -0.377. The Balaban J connectivity index is 0.000000479. The Kier molecular flexibility index (Phi) is 11.2. The van der Waals surface area contributed by atoms with Crippen LogP contribution < -0.4 is 15.2 Å². The average Bonchev–Trinajstić information content (AvgIpc) is 3.06. The van der Waals surface area contributed by atoms with E-state index in [-0.39, 0.29) is 17.9 Å². The summed E-state index contributed by atoms with van der Waals surface area (Å²) in [4.78, 5) is 12.9. The van der Waals surface area contributed by atoms with Gasteiger partial charge in [0.1, 0.15) is 6.61 Å². The van der Waals surface area contributed by atoms with Crippen LogP contribution >= 0.6 is 0 Å². The molecule has 3 N–H and O–H groups in total. The SMILES string of the molecule is C/C=C/Cn1c(OCC)nc2c(N)nc(OCCOC)nc21.C=C/C(=C\C)C(C)O. The van der Waals surface area contributed by atoms with Gasteiger partial charge in [-0.2, -0.15) is 15.0 Å². The summed E-state index contributed by atoms with van der Waals surface area (Å²) in [6.45, 7) is 12.8. The number of aromatic nitrogens is 4. The second-order valence-electron chi connectivity index (χ2n) is 6.08. The summed E-state index contributed by atoms with van der Waals surface area (Å²) in [5, 5.41) is 8.87. The number of fused-ring (bicyclic) bond motifs is 1. The second kappa shape index (κ2) is 13.3. The number of nitrogen functional groups attached to an aromatic ring is 1. The number of rotatable bonds is 10. The summed E-state index contributed by atoms with van der Waals surface area (Å²) in [7, 11) is 1.60. The van der Waals surface area contributed by atoms with Crippen molar-refractivity contribution >= 4 is 17.0 Å². The number of aliphatic hydroxyl groups is 1. The molecule has 166 valence electrons. The summed E-state index contributed by atoms with van der Waals surface area (Å²) >= 11 is 0. The number of ether oxygens (including phenoxy) is 3. The first kappa shape index (κ1) is 25.1. The highest BCUT2D eigenvalue weighted by molar-refractivity contribution is 5.83. The van der Waals surface area contributed by atoms with Gasteiger partial charge in [0, 0.05) is 13.7 Å². The van der Waals surface area contributed by atoms with Crippen molar-refractivity contribution in [3.8, 4) is 12.0 Å². The van der Waals surface area contributed by atoms with E-state index in [9.17, 15) is 0 Å². The molecule has 9 heteroatoms. The van der Waals surface area contributed by atoms with Crippen LogP contribution in [0.25, 0.3) is 11.2 Å². The highest BCUT2D eigenvalue weighted by Gasteiger charge is 2.17. The quantitative estimate of drug-likeness (QED) is 0.343. The molecule has 0 aliphatic heterocycles. The fourth-order valence-electron chi connectivity index (χ4n) is 2.41. The largest absolute Gasteiger partial charge is 0.465 e. The molecule has 0 aliphatic rings. The normalized spacial score (nSPS) is 12.5. The number of allylic oxidation sites excluding steroid dienone is 3. The van der Waals surface area contributed by atoms with Crippen molar-refractivity contribution in [2.45, 2.75) is 40.3 Å². The molecule has 30 heavy (non-hydrogen) atoms. The maximum absolute atomic E-state index is 8.87. The topological polar surface area (TPSA) is 118 Å². The van der Waals surface area contributed by atoms with Crippen molar-refractivity contribution in [1.29, 1.82) is 0 Å². The summed E-state index contributed by atoms with van der Waals surface area (Å²) in [6, 6.07) is 0.664. The Morgan fingerprint density at radius 2 is 1.97 bits per heavy atom. The van der Waals surface area contributed by atoms with Crippen LogP contribution in [0.3, 0.4) is 0 Å². The van der Waals surface area contributed by atoms with E-state index in [1.807, 2.05) is 43.6 Å². The van der Waals surface area contributed by atoms with Crippen LogP contribution in [0.15, 0.2) is 36.5 Å². The fraction of sp³-hybridized carbons (Fsp3) is 0.476. The molecule has 0 radical (unpaired) electrons.